The van der Waals surface area contributed by atoms with Crippen molar-refractivity contribution in [2.45, 2.75) is 225 Å². The Bertz CT molecular complexity index is 2530. The lowest BCUT2D eigenvalue weighted by molar-refractivity contribution is -0.276. The van der Waals surface area contributed by atoms with Gasteiger partial charge < -0.3 is 136 Å². The monoisotopic (exact) mass is 1470 g/mol. The average Bonchev–Trinajstić information content (AvgIpc) is 0.818. The number of ether oxygens (including phenoxy) is 10. The first-order valence-electron chi connectivity index (χ1n) is 34.6. The quantitative estimate of drug-likeness (QED) is 0.0199. The van der Waals surface area contributed by atoms with Gasteiger partial charge in [-0.15, -0.1) is 0 Å². The van der Waals surface area contributed by atoms with E-state index in [1.807, 2.05) is 55.4 Å². The number of hydrogen-bond donors (Lipinski definition) is 19. The van der Waals surface area contributed by atoms with Gasteiger partial charge in [-0.25, -0.2) is 0 Å². The van der Waals surface area contributed by atoms with Crippen LogP contribution >= 0.6 is 0 Å². The number of carbonyl (C=O) groups excluding carboxylic acids is 8. The highest BCUT2D eigenvalue weighted by molar-refractivity contribution is 5.80. The number of hydrogen-bond acceptors (Lipinski definition) is 29. The maximum Gasteiger partial charge on any atom is 0.223 e. The number of aliphatic hydroxyl groups excluding tert-OH is 9. The van der Waals surface area contributed by atoms with Gasteiger partial charge in [-0.05, 0) is 48.3 Å². The average molecular weight is 1470 g/mol. The van der Waals surface area contributed by atoms with Crippen LogP contribution < -0.4 is 53.2 Å². The molecule has 3 saturated heterocycles. The van der Waals surface area contributed by atoms with Crippen LogP contribution in [0.15, 0.2) is 0 Å². The molecule has 0 spiro atoms. The lowest BCUT2D eigenvalue weighted by Crippen LogP contribution is -2.64. The summed E-state index contributed by atoms with van der Waals surface area (Å²) >= 11 is 0. The first-order valence-corrected chi connectivity index (χ1v) is 34.6. The molecule has 37 heteroatoms. The normalized spacial score (nSPS) is 26.4. The minimum absolute atomic E-state index is 0.0216. The van der Waals surface area contributed by atoms with Gasteiger partial charge in [0.2, 0.25) is 47.3 Å². The van der Waals surface area contributed by atoms with E-state index in [4.69, 9.17) is 47.4 Å². The molecule has 0 saturated carbocycles. The van der Waals surface area contributed by atoms with Gasteiger partial charge in [0.25, 0.3) is 0 Å². The number of nitrogens with one attached hydrogen (secondary N) is 10. The summed E-state index contributed by atoms with van der Waals surface area (Å²) in [4.78, 5) is 102. The third-order valence-electron chi connectivity index (χ3n) is 16.7. The van der Waals surface area contributed by atoms with Crippen LogP contribution in [0.4, 0.5) is 0 Å². The molecule has 0 bridgehead atoms. The van der Waals surface area contributed by atoms with Crippen molar-refractivity contribution in [3.63, 3.8) is 0 Å². The highest BCUT2D eigenvalue weighted by Crippen LogP contribution is 2.35. The van der Waals surface area contributed by atoms with Gasteiger partial charge in [0.05, 0.1) is 92.7 Å². The fourth-order valence-electron chi connectivity index (χ4n) is 12.0. The zero-order chi connectivity index (χ0) is 76.4. The molecular weight excluding hydrogens is 1350 g/mol. The maximum atomic E-state index is 14.0. The molecule has 102 heavy (non-hydrogen) atoms. The van der Waals surface area contributed by atoms with E-state index in [1.54, 1.807) is 0 Å². The summed E-state index contributed by atoms with van der Waals surface area (Å²) in [5, 5.41) is 120. The first kappa shape index (κ1) is 91.1. The van der Waals surface area contributed by atoms with Crippen LogP contribution in [-0.2, 0) is 85.7 Å². The molecule has 17 atom stereocenters. The van der Waals surface area contributed by atoms with Gasteiger partial charge in [0, 0.05) is 72.6 Å². The van der Waals surface area contributed by atoms with Crippen molar-refractivity contribution in [1.82, 2.24) is 53.2 Å². The highest BCUT2D eigenvalue weighted by atomic mass is 16.7. The summed E-state index contributed by atoms with van der Waals surface area (Å²) < 4.78 is 58.3. The second-order valence-electron chi connectivity index (χ2n) is 28.6. The lowest BCUT2D eigenvalue weighted by Gasteiger charge is -2.43. The van der Waals surface area contributed by atoms with E-state index in [0.29, 0.717) is 19.4 Å². The van der Waals surface area contributed by atoms with Gasteiger partial charge in [0.15, 0.2) is 18.9 Å². The van der Waals surface area contributed by atoms with E-state index in [1.165, 1.54) is 20.8 Å². The Morgan fingerprint density at radius 2 is 0.833 bits per heavy atom. The van der Waals surface area contributed by atoms with Crippen LogP contribution in [0.25, 0.3) is 0 Å². The highest BCUT2D eigenvalue weighted by Gasteiger charge is 2.49. The van der Waals surface area contributed by atoms with Gasteiger partial charge in [-0.3, -0.25) is 49.0 Å². The molecule has 0 aromatic carbocycles. The van der Waals surface area contributed by atoms with Crippen molar-refractivity contribution in [3.05, 3.63) is 0 Å². The van der Waals surface area contributed by atoms with Gasteiger partial charge in [-0.2, -0.15) is 0 Å². The summed E-state index contributed by atoms with van der Waals surface area (Å²) in [7, 11) is 0. The summed E-state index contributed by atoms with van der Waals surface area (Å²) in [5.41, 5.74) is -3.18. The van der Waals surface area contributed by atoms with Crippen LogP contribution in [0.5, 0.6) is 0 Å². The molecule has 0 aromatic rings. The Morgan fingerprint density at radius 3 is 1.25 bits per heavy atom. The van der Waals surface area contributed by atoms with Gasteiger partial charge in [-0.1, -0.05) is 48.5 Å². The largest absolute Gasteiger partial charge is 0.394 e. The Labute approximate surface area is 596 Å². The van der Waals surface area contributed by atoms with Gasteiger partial charge in [0.1, 0.15) is 85.3 Å². The molecule has 592 valence electrons. The molecule has 3 aliphatic rings. The van der Waals surface area contributed by atoms with Crippen molar-refractivity contribution in [3.8, 4) is 0 Å². The van der Waals surface area contributed by atoms with E-state index in [2.05, 4.69) is 53.2 Å². The molecule has 3 rings (SSSR count). The standard InChI is InChI=1S/C65H120N10O27/c1-12-93-36-66-34-70-45(82)14-13-15-49(86)75-65(33-96-21-18-48(85)71-35-67-37-99-61-52(74-41(5)81)58(92)55(89)44(25-78)102-61,31-94-19-16-46(83)68-28-62(6,7)22-38(2)26-97-59-50(72-39(3)79)56(90)53(87)42(23-76)100-59)32-95-20-17-47(84)69-29-63(8,9)27-64(10,11)30-98-60-51(73-40(4)80)57(91)54(88)43(24-77)101-60/h38,42-44,50-61,66-67,76-78,87-92H,12-37H2,1-11H3,(H,68,83)(H,69,84)(H,70,82)(H,71,85)(H,72,79)(H,73,80)(H,74,81)(H,75,86). The molecule has 3 fully saturated rings. The van der Waals surface area contributed by atoms with Crippen molar-refractivity contribution < 1.29 is 132 Å². The molecule has 8 amide bonds. The van der Waals surface area contributed by atoms with E-state index in [-0.39, 0.29) is 155 Å². The second-order valence-corrected chi connectivity index (χ2v) is 28.6. The SMILES string of the molecule is CCOCNCNC(=O)CCCC(=O)NC(COCCC(=O)NCNCOC1OC(CO)C(O)C(O)C1NC(C)=O)(COCCC(=O)NCC(C)(C)CC(C)COC1OC(CO)C(O)C(O)C1NC(C)=O)COCCC(=O)NCC(C)(C)CC(C)(C)COC1OC(CO)C(O)C(O)C1NC(C)=O. The maximum absolute atomic E-state index is 14.0. The summed E-state index contributed by atoms with van der Waals surface area (Å²) in [6.07, 6.45) is -15.8. The third kappa shape index (κ3) is 34.0. The first-order chi connectivity index (χ1) is 48.0. The smallest absolute Gasteiger partial charge is 0.223 e. The molecular formula is C65H120N10O27. The molecule has 0 aliphatic carbocycles. The van der Waals surface area contributed by atoms with E-state index < -0.39 is 163 Å². The number of aliphatic hydroxyl groups is 9. The fourth-order valence-corrected chi connectivity index (χ4v) is 12.0. The Hall–Kier alpha value is -5.08. The molecule has 37 nitrogen and oxygen atoms in total. The van der Waals surface area contributed by atoms with Crippen molar-refractivity contribution >= 4 is 47.3 Å². The molecule has 0 radical (unpaired) electrons. The summed E-state index contributed by atoms with van der Waals surface area (Å²) in [5.74, 6) is -3.85. The molecule has 0 aromatic heterocycles. The Kier molecular flexibility index (Phi) is 41.2. The topological polar surface area (TPSA) is 531 Å². The Balaban J connectivity index is 1.74. The second kappa shape index (κ2) is 46.1. The molecule has 3 heterocycles. The predicted molar refractivity (Wildman–Crippen MR) is 360 cm³/mol. The molecule has 3 aliphatic heterocycles. The molecule has 17 unspecified atom stereocenters. The van der Waals surface area contributed by atoms with E-state index in [9.17, 15) is 84.3 Å². The minimum atomic E-state index is -1.54. The van der Waals surface area contributed by atoms with Crippen molar-refractivity contribution in [2.24, 2.45) is 22.2 Å². The number of rotatable bonds is 50. The summed E-state index contributed by atoms with van der Waals surface area (Å²) in [6.45, 7) is 16.4. The van der Waals surface area contributed by atoms with Crippen LogP contribution in [0, 0.1) is 22.2 Å². The van der Waals surface area contributed by atoms with Crippen LogP contribution in [0.1, 0.15) is 128 Å². The van der Waals surface area contributed by atoms with Crippen molar-refractivity contribution in [1.29, 1.82) is 0 Å². The zero-order valence-corrected chi connectivity index (χ0v) is 61.0. The van der Waals surface area contributed by atoms with Crippen molar-refractivity contribution in [2.75, 3.05) is 119 Å². The third-order valence-corrected chi connectivity index (χ3v) is 16.7. The predicted octanol–water partition coefficient (Wildman–Crippen LogP) is -5.88. The Morgan fingerprint density at radius 1 is 0.451 bits per heavy atom. The lowest BCUT2D eigenvalue weighted by atomic mass is 9.75. The minimum Gasteiger partial charge on any atom is -0.394 e. The zero-order valence-electron chi connectivity index (χ0n) is 61.0. The van der Waals surface area contributed by atoms with E-state index in [0.717, 1.165) is 0 Å². The van der Waals surface area contributed by atoms with Crippen LogP contribution in [0.2, 0.25) is 0 Å². The fraction of sp³-hybridized carbons (Fsp3) is 0.877. The van der Waals surface area contributed by atoms with E-state index >= 15 is 0 Å². The number of amides is 8. The number of carbonyl (C=O) groups is 8. The van der Waals surface area contributed by atoms with Gasteiger partial charge >= 0.3 is 0 Å². The van der Waals surface area contributed by atoms with Crippen LogP contribution in [0.3, 0.4) is 0 Å². The summed E-state index contributed by atoms with van der Waals surface area (Å²) in [6, 6.07) is -3.45. The molecule has 19 N–H and O–H groups in total. The van der Waals surface area contributed by atoms with Crippen LogP contribution in [-0.4, -0.2) is 310 Å².